The Balaban J connectivity index is 1.73. The van der Waals surface area contributed by atoms with Crippen LogP contribution in [0.4, 0.5) is 4.79 Å². The lowest BCUT2D eigenvalue weighted by molar-refractivity contribution is -0.131. The van der Waals surface area contributed by atoms with Gasteiger partial charge in [-0.2, -0.15) is 0 Å². The summed E-state index contributed by atoms with van der Waals surface area (Å²) in [5.41, 5.74) is 3.58. The number of nitrogens with one attached hydrogen (secondary N) is 1. The van der Waals surface area contributed by atoms with Crippen molar-refractivity contribution >= 4 is 21.8 Å². The minimum Gasteiger partial charge on any atom is -0.378 e. The molecule has 2 aromatic rings. The molecule has 1 aromatic carbocycles. The summed E-state index contributed by atoms with van der Waals surface area (Å²) in [6, 6.07) is 9.00. The van der Waals surface area contributed by atoms with Crippen LogP contribution in [-0.4, -0.2) is 63.3 Å². The highest BCUT2D eigenvalue weighted by Crippen LogP contribution is 2.29. The molecule has 0 spiro atoms. The van der Waals surface area contributed by atoms with E-state index in [1.54, 1.807) is 20.0 Å². The molecule has 1 aliphatic heterocycles. The molecule has 176 valence electrons. The lowest BCUT2D eigenvalue weighted by Crippen LogP contribution is -2.50. The van der Waals surface area contributed by atoms with E-state index in [0.717, 1.165) is 28.6 Å². The maximum absolute atomic E-state index is 12.8. The van der Waals surface area contributed by atoms with E-state index in [1.807, 2.05) is 30.3 Å². The number of benzene rings is 1. The Morgan fingerprint density at radius 1 is 1.18 bits per heavy atom. The van der Waals surface area contributed by atoms with Gasteiger partial charge >= 0.3 is 6.03 Å². The van der Waals surface area contributed by atoms with Gasteiger partial charge in [-0.05, 0) is 51.0 Å². The molecule has 0 radical (unpaired) electrons. The van der Waals surface area contributed by atoms with E-state index in [4.69, 9.17) is 5.21 Å². The van der Waals surface area contributed by atoms with Crippen molar-refractivity contribution < 1.29 is 28.3 Å². The topological polar surface area (TPSA) is 129 Å². The SMILES string of the molecule is CC(C)(O)C#Cc1ccc(-c2cc3n(c2)C(=O)N(CCC(C)(C(=O)NO)S(C)(=O)=O)C3)cc1. The van der Waals surface area contributed by atoms with Crippen molar-refractivity contribution in [2.75, 3.05) is 12.8 Å². The zero-order valence-electron chi connectivity index (χ0n) is 18.9. The van der Waals surface area contributed by atoms with Crippen LogP contribution in [0, 0.1) is 11.8 Å². The van der Waals surface area contributed by atoms with E-state index in [-0.39, 0.29) is 25.5 Å². The first-order chi connectivity index (χ1) is 15.2. The van der Waals surface area contributed by atoms with E-state index < -0.39 is 26.1 Å². The van der Waals surface area contributed by atoms with Crippen molar-refractivity contribution in [3.05, 3.63) is 47.8 Å². The Kier molecular flexibility index (Phi) is 6.44. The number of carbonyl (C=O) groups is 2. The normalized spacial score (nSPS) is 15.5. The van der Waals surface area contributed by atoms with Crippen LogP contribution in [0.15, 0.2) is 36.5 Å². The number of carbonyl (C=O) groups excluding carboxylic acids is 2. The van der Waals surface area contributed by atoms with Crippen LogP contribution in [0.5, 0.6) is 0 Å². The van der Waals surface area contributed by atoms with Crippen molar-refractivity contribution in [2.45, 2.75) is 44.1 Å². The Morgan fingerprint density at radius 3 is 2.33 bits per heavy atom. The quantitative estimate of drug-likeness (QED) is 0.333. The molecular weight excluding hydrogens is 446 g/mol. The Morgan fingerprint density at radius 2 is 1.82 bits per heavy atom. The summed E-state index contributed by atoms with van der Waals surface area (Å²) in [4.78, 5) is 26.3. The van der Waals surface area contributed by atoms with Crippen LogP contribution in [-0.2, 0) is 21.2 Å². The lowest BCUT2D eigenvalue weighted by Gasteiger charge is -2.27. The second-order valence-corrected chi connectivity index (χ2v) is 11.3. The van der Waals surface area contributed by atoms with Gasteiger partial charge in [-0.3, -0.25) is 14.6 Å². The maximum Gasteiger partial charge on any atom is 0.328 e. The van der Waals surface area contributed by atoms with Crippen molar-refractivity contribution in [1.82, 2.24) is 14.9 Å². The van der Waals surface area contributed by atoms with Gasteiger partial charge in [-0.25, -0.2) is 18.7 Å². The molecule has 2 amide bonds. The van der Waals surface area contributed by atoms with Gasteiger partial charge in [0.05, 0.1) is 6.54 Å². The molecule has 10 heteroatoms. The van der Waals surface area contributed by atoms with Crippen LogP contribution in [0.1, 0.15) is 38.4 Å². The van der Waals surface area contributed by atoms with E-state index in [1.165, 1.54) is 21.9 Å². The van der Waals surface area contributed by atoms with Crippen molar-refractivity contribution in [2.24, 2.45) is 0 Å². The first-order valence-electron chi connectivity index (χ1n) is 10.3. The van der Waals surface area contributed by atoms with Gasteiger partial charge in [-0.15, -0.1) is 0 Å². The van der Waals surface area contributed by atoms with Gasteiger partial charge < -0.3 is 10.0 Å². The Hall–Kier alpha value is -3.13. The number of aliphatic hydroxyl groups is 1. The molecule has 0 saturated heterocycles. The minimum absolute atomic E-state index is 0.0292. The molecule has 1 aliphatic rings. The van der Waals surface area contributed by atoms with Crippen LogP contribution < -0.4 is 5.48 Å². The third kappa shape index (κ3) is 5.11. The molecule has 0 aliphatic carbocycles. The summed E-state index contributed by atoms with van der Waals surface area (Å²) in [7, 11) is -3.84. The molecule has 9 nitrogen and oxygen atoms in total. The van der Waals surface area contributed by atoms with Crippen molar-refractivity contribution in [3.8, 4) is 23.0 Å². The number of fused-ring (bicyclic) bond motifs is 1. The summed E-state index contributed by atoms with van der Waals surface area (Å²) >= 11 is 0. The van der Waals surface area contributed by atoms with Gasteiger partial charge in [0.2, 0.25) is 0 Å². The summed E-state index contributed by atoms with van der Waals surface area (Å²) in [6.07, 6.45) is 2.48. The van der Waals surface area contributed by atoms with Gasteiger partial charge in [0.15, 0.2) is 14.6 Å². The molecule has 33 heavy (non-hydrogen) atoms. The van der Waals surface area contributed by atoms with E-state index in [2.05, 4.69) is 11.8 Å². The highest BCUT2D eigenvalue weighted by molar-refractivity contribution is 7.92. The Bertz CT molecular complexity index is 1250. The molecule has 1 aromatic heterocycles. The molecule has 3 N–H and O–H groups in total. The average molecular weight is 474 g/mol. The van der Waals surface area contributed by atoms with Crippen LogP contribution in [0.3, 0.4) is 0 Å². The fraction of sp³-hybridized carbons (Fsp3) is 0.391. The van der Waals surface area contributed by atoms with E-state index in [0.29, 0.717) is 0 Å². The first-order valence-corrected chi connectivity index (χ1v) is 12.1. The number of amides is 2. The molecule has 0 saturated carbocycles. The number of nitrogens with zero attached hydrogens (tertiary/aromatic N) is 2. The average Bonchev–Trinajstić information content (AvgIpc) is 3.28. The smallest absolute Gasteiger partial charge is 0.328 e. The first kappa shape index (κ1) is 24.5. The number of aromatic nitrogens is 1. The zero-order valence-corrected chi connectivity index (χ0v) is 19.7. The highest BCUT2D eigenvalue weighted by Gasteiger charge is 2.44. The van der Waals surface area contributed by atoms with Gasteiger partial charge in [-0.1, -0.05) is 24.0 Å². The molecule has 1 unspecified atom stereocenters. The minimum atomic E-state index is -3.84. The number of hydroxylamine groups is 1. The second kappa shape index (κ2) is 8.67. The highest BCUT2D eigenvalue weighted by atomic mass is 32.2. The van der Waals surface area contributed by atoms with Crippen molar-refractivity contribution in [1.29, 1.82) is 0 Å². The van der Waals surface area contributed by atoms with E-state index in [9.17, 15) is 23.1 Å². The van der Waals surface area contributed by atoms with Crippen LogP contribution in [0.25, 0.3) is 11.1 Å². The second-order valence-electron chi connectivity index (χ2n) is 8.87. The molecule has 2 heterocycles. The number of sulfone groups is 1. The Labute approximate surface area is 192 Å². The summed E-state index contributed by atoms with van der Waals surface area (Å²) in [5, 5.41) is 18.7. The van der Waals surface area contributed by atoms with E-state index >= 15 is 0 Å². The number of hydrogen-bond donors (Lipinski definition) is 3. The number of rotatable bonds is 6. The fourth-order valence-electron chi connectivity index (χ4n) is 3.46. The van der Waals surface area contributed by atoms with Crippen LogP contribution >= 0.6 is 0 Å². The maximum atomic E-state index is 12.8. The monoisotopic (exact) mass is 473 g/mol. The van der Waals surface area contributed by atoms with Gasteiger partial charge in [0.1, 0.15) is 5.60 Å². The predicted molar refractivity (Wildman–Crippen MR) is 122 cm³/mol. The van der Waals surface area contributed by atoms with Crippen molar-refractivity contribution in [3.63, 3.8) is 0 Å². The molecule has 0 bridgehead atoms. The molecule has 3 rings (SSSR count). The standard InChI is InChI=1S/C23H27N3O6S/c1-22(2,29)10-9-16-5-7-17(8-6-16)18-13-19-15-25(21(28)26(19)14-18)12-11-23(3,20(27)24-30)33(4,31)32/h5-8,13-14,29-30H,11-12,15H2,1-4H3,(H,24,27). The van der Waals surface area contributed by atoms with Gasteiger partial charge in [0, 0.05) is 35.8 Å². The fourth-order valence-corrected chi connectivity index (χ4v) is 4.31. The number of hydrogen-bond acceptors (Lipinski definition) is 6. The third-order valence-corrected chi connectivity index (χ3v) is 7.75. The summed E-state index contributed by atoms with van der Waals surface area (Å²) in [6.45, 7) is 4.75. The largest absolute Gasteiger partial charge is 0.378 e. The predicted octanol–water partition coefficient (Wildman–Crippen LogP) is 1.76. The molecule has 0 fully saturated rings. The van der Waals surface area contributed by atoms with Gasteiger partial charge in [0.25, 0.3) is 5.91 Å². The molecule has 1 atom stereocenters. The summed E-state index contributed by atoms with van der Waals surface area (Å²) < 4.78 is 23.9. The summed E-state index contributed by atoms with van der Waals surface area (Å²) in [5.74, 6) is 4.63. The lowest BCUT2D eigenvalue weighted by atomic mass is 10.1. The molecular formula is C23H27N3O6S. The zero-order chi connectivity index (χ0) is 24.6. The van der Waals surface area contributed by atoms with Crippen LogP contribution in [0.2, 0.25) is 0 Å². The third-order valence-electron chi connectivity index (χ3n) is 5.72.